The van der Waals surface area contributed by atoms with Crippen LogP contribution in [0.2, 0.25) is 0 Å². The third kappa shape index (κ3) is 2.38. The number of para-hydroxylation sites is 1. The summed E-state index contributed by atoms with van der Waals surface area (Å²) in [6.45, 7) is 0.875. The number of hydrogen-bond donors (Lipinski definition) is 1. The topological polar surface area (TPSA) is 23.5 Å². The molecule has 1 aliphatic rings. The molecule has 1 fully saturated rings. The second-order valence-electron chi connectivity index (χ2n) is 5.00. The lowest BCUT2D eigenvalue weighted by atomic mass is 9.92. The molecule has 1 heterocycles. The zero-order valence-electron chi connectivity index (χ0n) is 10.7. The van der Waals surface area contributed by atoms with Crippen LogP contribution in [0.25, 0.3) is 0 Å². The fraction of sp³-hybridized carbons (Fsp3) is 0.250. The van der Waals surface area contributed by atoms with Crippen LogP contribution in [0.4, 0.5) is 5.69 Å². The van der Waals surface area contributed by atoms with Crippen molar-refractivity contribution in [1.29, 1.82) is 0 Å². The summed E-state index contributed by atoms with van der Waals surface area (Å²) < 4.78 is 0. The van der Waals surface area contributed by atoms with E-state index in [4.69, 9.17) is 7.85 Å². The highest BCUT2D eigenvalue weighted by Crippen LogP contribution is 2.35. The highest BCUT2D eigenvalue weighted by Gasteiger charge is 2.33. The van der Waals surface area contributed by atoms with Gasteiger partial charge in [-0.1, -0.05) is 47.9 Å². The Labute approximate surface area is 115 Å². The standard InChI is InChI=1S/C16H16BNO/c17-13-8-6-12(7-9-13)16-15(19)10-11-18(16)14-4-2-1-3-5-14/h1-9,15-16,19H,10-11H2/t15-,16-/m0/s1. The molecule has 0 aromatic heterocycles. The van der Waals surface area contributed by atoms with Crippen molar-refractivity contribution < 1.29 is 5.11 Å². The summed E-state index contributed by atoms with van der Waals surface area (Å²) in [7, 11) is 5.73. The van der Waals surface area contributed by atoms with Crippen molar-refractivity contribution in [3.05, 3.63) is 60.2 Å². The zero-order chi connectivity index (χ0) is 13.2. The Hall–Kier alpha value is -1.74. The summed E-state index contributed by atoms with van der Waals surface area (Å²) in [6.07, 6.45) is 0.466. The van der Waals surface area contributed by atoms with Crippen LogP contribution in [0, 0.1) is 0 Å². The molecule has 1 N–H and O–H groups in total. The highest BCUT2D eigenvalue weighted by molar-refractivity contribution is 6.32. The van der Waals surface area contributed by atoms with Crippen LogP contribution in [-0.2, 0) is 0 Å². The van der Waals surface area contributed by atoms with Gasteiger partial charge in [-0.2, -0.15) is 0 Å². The van der Waals surface area contributed by atoms with Crippen molar-refractivity contribution >= 4 is 19.0 Å². The molecule has 2 nitrogen and oxygen atoms in total. The largest absolute Gasteiger partial charge is 0.391 e. The van der Waals surface area contributed by atoms with Crippen LogP contribution < -0.4 is 10.4 Å². The summed E-state index contributed by atoms with van der Waals surface area (Å²) in [5, 5.41) is 10.3. The molecule has 94 valence electrons. The lowest BCUT2D eigenvalue weighted by Gasteiger charge is -2.28. The first-order valence-corrected chi connectivity index (χ1v) is 6.61. The number of rotatable bonds is 2. The van der Waals surface area contributed by atoms with Gasteiger partial charge in [-0.25, -0.2) is 0 Å². The number of nitrogens with zero attached hydrogens (tertiary/aromatic N) is 1. The summed E-state index contributed by atoms with van der Waals surface area (Å²) >= 11 is 0. The number of aliphatic hydroxyl groups excluding tert-OH is 1. The summed E-state index contributed by atoms with van der Waals surface area (Å²) in [4.78, 5) is 2.26. The molecule has 0 amide bonds. The molecule has 0 bridgehead atoms. The molecule has 2 atom stereocenters. The van der Waals surface area contributed by atoms with Gasteiger partial charge in [0.05, 0.1) is 12.1 Å². The van der Waals surface area contributed by atoms with E-state index in [-0.39, 0.29) is 12.1 Å². The van der Waals surface area contributed by atoms with Gasteiger partial charge < -0.3 is 10.0 Å². The van der Waals surface area contributed by atoms with E-state index in [2.05, 4.69) is 17.0 Å². The van der Waals surface area contributed by atoms with E-state index < -0.39 is 0 Å². The predicted octanol–water partition coefficient (Wildman–Crippen LogP) is 1.79. The van der Waals surface area contributed by atoms with E-state index in [0.29, 0.717) is 0 Å². The fourth-order valence-corrected chi connectivity index (χ4v) is 2.78. The smallest absolute Gasteiger partial charge is 0.113 e. The quantitative estimate of drug-likeness (QED) is 0.820. The first-order chi connectivity index (χ1) is 9.25. The van der Waals surface area contributed by atoms with Crippen LogP contribution in [0.1, 0.15) is 18.0 Å². The van der Waals surface area contributed by atoms with Gasteiger partial charge in [0.2, 0.25) is 0 Å². The Morgan fingerprint density at radius 1 is 1.00 bits per heavy atom. The van der Waals surface area contributed by atoms with Gasteiger partial charge in [-0.05, 0) is 24.1 Å². The minimum absolute atomic E-state index is 0.0167. The normalized spacial score (nSPS) is 22.7. The molecule has 1 aliphatic heterocycles. The maximum Gasteiger partial charge on any atom is 0.113 e. The lowest BCUT2D eigenvalue weighted by molar-refractivity contribution is 0.165. The predicted molar refractivity (Wildman–Crippen MR) is 79.0 cm³/mol. The van der Waals surface area contributed by atoms with Crippen molar-refractivity contribution in [2.24, 2.45) is 0 Å². The van der Waals surface area contributed by atoms with Crippen molar-refractivity contribution in [2.45, 2.75) is 18.6 Å². The van der Waals surface area contributed by atoms with Gasteiger partial charge in [0.25, 0.3) is 0 Å². The summed E-state index contributed by atoms with van der Waals surface area (Å²) in [5.74, 6) is 0. The Balaban J connectivity index is 1.95. The zero-order valence-corrected chi connectivity index (χ0v) is 10.7. The Kier molecular flexibility index (Phi) is 3.30. The van der Waals surface area contributed by atoms with Crippen molar-refractivity contribution in [2.75, 3.05) is 11.4 Å². The van der Waals surface area contributed by atoms with Crippen molar-refractivity contribution in [3.63, 3.8) is 0 Å². The molecule has 3 rings (SSSR count). The lowest BCUT2D eigenvalue weighted by Crippen LogP contribution is -2.27. The van der Waals surface area contributed by atoms with E-state index in [1.165, 1.54) is 0 Å². The van der Waals surface area contributed by atoms with E-state index in [1.807, 2.05) is 42.5 Å². The summed E-state index contributed by atoms with van der Waals surface area (Å²) in [6, 6.07) is 18.0. The molecular weight excluding hydrogens is 233 g/mol. The average Bonchev–Trinajstić information content (AvgIpc) is 2.83. The van der Waals surface area contributed by atoms with Gasteiger partial charge in [-0.15, -0.1) is 0 Å². The monoisotopic (exact) mass is 249 g/mol. The van der Waals surface area contributed by atoms with E-state index >= 15 is 0 Å². The molecule has 0 unspecified atom stereocenters. The molecule has 3 heteroatoms. The molecule has 19 heavy (non-hydrogen) atoms. The second-order valence-corrected chi connectivity index (χ2v) is 5.00. The molecular formula is C16H16BNO. The number of benzene rings is 2. The fourth-order valence-electron chi connectivity index (χ4n) is 2.78. The van der Waals surface area contributed by atoms with Gasteiger partial charge >= 0.3 is 0 Å². The molecule has 0 aliphatic carbocycles. The molecule has 0 spiro atoms. The number of anilines is 1. The van der Waals surface area contributed by atoms with Crippen molar-refractivity contribution in [1.82, 2.24) is 0 Å². The minimum atomic E-state index is -0.330. The van der Waals surface area contributed by atoms with Crippen LogP contribution in [0.5, 0.6) is 0 Å². The Morgan fingerprint density at radius 3 is 2.37 bits per heavy atom. The summed E-state index contributed by atoms with van der Waals surface area (Å²) in [5.41, 5.74) is 3.02. The van der Waals surface area contributed by atoms with Crippen LogP contribution in [0.15, 0.2) is 54.6 Å². The highest BCUT2D eigenvalue weighted by atomic mass is 16.3. The van der Waals surface area contributed by atoms with E-state index in [0.717, 1.165) is 29.7 Å². The Bertz CT molecular complexity index is 540. The van der Waals surface area contributed by atoms with Crippen molar-refractivity contribution in [3.8, 4) is 0 Å². The molecule has 0 saturated carbocycles. The first-order valence-electron chi connectivity index (χ1n) is 6.61. The van der Waals surface area contributed by atoms with E-state index in [1.54, 1.807) is 0 Å². The molecule has 2 radical (unpaired) electrons. The molecule has 2 aromatic rings. The maximum absolute atomic E-state index is 10.3. The Morgan fingerprint density at radius 2 is 1.68 bits per heavy atom. The third-order valence-electron chi connectivity index (χ3n) is 3.73. The maximum atomic E-state index is 10.3. The average molecular weight is 249 g/mol. The number of aliphatic hydroxyl groups is 1. The first kappa shape index (κ1) is 12.3. The molecule has 2 aromatic carbocycles. The van der Waals surface area contributed by atoms with Crippen LogP contribution in [0.3, 0.4) is 0 Å². The third-order valence-corrected chi connectivity index (χ3v) is 3.73. The van der Waals surface area contributed by atoms with Gasteiger partial charge in [0.1, 0.15) is 7.85 Å². The van der Waals surface area contributed by atoms with E-state index in [9.17, 15) is 5.11 Å². The van der Waals surface area contributed by atoms with Gasteiger partial charge in [0, 0.05) is 12.2 Å². The minimum Gasteiger partial charge on any atom is -0.391 e. The van der Waals surface area contributed by atoms with Gasteiger partial charge in [-0.3, -0.25) is 0 Å². The van der Waals surface area contributed by atoms with Crippen LogP contribution >= 0.6 is 0 Å². The SMILES string of the molecule is [B]c1ccc([C@H]2[C@@H](O)CCN2c2ccccc2)cc1. The number of hydrogen-bond acceptors (Lipinski definition) is 2. The molecule has 1 saturated heterocycles. The van der Waals surface area contributed by atoms with Gasteiger partial charge in [0.15, 0.2) is 0 Å². The van der Waals surface area contributed by atoms with Crippen LogP contribution in [-0.4, -0.2) is 25.6 Å². The second kappa shape index (κ2) is 5.10.